The van der Waals surface area contributed by atoms with E-state index < -0.39 is 11.9 Å². The van der Waals surface area contributed by atoms with E-state index in [0.29, 0.717) is 37.4 Å². The minimum absolute atomic E-state index is 0.100. The number of anilines is 1. The van der Waals surface area contributed by atoms with Crippen LogP contribution in [0.5, 0.6) is 0 Å². The lowest BCUT2D eigenvalue weighted by Gasteiger charge is -2.31. The molecule has 0 spiro atoms. The maximum Gasteiger partial charge on any atom is 0.354 e. The molecule has 1 aromatic carbocycles. The van der Waals surface area contributed by atoms with Crippen molar-refractivity contribution < 1.29 is 33.4 Å². The van der Waals surface area contributed by atoms with Gasteiger partial charge in [-0.05, 0) is 44.0 Å². The predicted octanol–water partition coefficient (Wildman–Crippen LogP) is 1.74. The summed E-state index contributed by atoms with van der Waals surface area (Å²) in [5, 5.41) is 2.78. The molecular formula is C21H26N2O7. The molecule has 0 aliphatic carbocycles. The Morgan fingerprint density at radius 1 is 1.13 bits per heavy atom. The van der Waals surface area contributed by atoms with E-state index in [1.54, 1.807) is 36.1 Å². The highest BCUT2D eigenvalue weighted by atomic mass is 16.5. The minimum atomic E-state index is -0.737. The summed E-state index contributed by atoms with van der Waals surface area (Å²) in [4.78, 5) is 49.7. The topological polar surface area (TPSA) is 111 Å². The normalized spacial score (nSPS) is 16.4. The van der Waals surface area contributed by atoms with Crippen molar-refractivity contribution in [1.82, 2.24) is 4.90 Å². The first-order valence-corrected chi connectivity index (χ1v) is 9.60. The number of hydrogen-bond donors (Lipinski definition) is 1. The van der Waals surface area contributed by atoms with Crippen LogP contribution in [0.4, 0.5) is 5.69 Å². The molecule has 0 bridgehead atoms. The van der Waals surface area contributed by atoms with Crippen molar-refractivity contribution >= 4 is 29.5 Å². The number of carbonyl (C=O) groups excluding carboxylic acids is 4. The van der Waals surface area contributed by atoms with E-state index in [0.717, 1.165) is 12.5 Å². The number of nitrogens with one attached hydrogen (secondary N) is 1. The standard InChI is InChI=1S/C21H26N2O7/c1-4-30-20(26)15-6-5-11-23(13-15)19(25)14-7-9-16(10-8-14)22-17(21(27)29-3)12-18(24)28-2/h7-10,12,15,22H,4-6,11,13H2,1-3H3/b17-12+. The molecule has 0 saturated carbocycles. The monoisotopic (exact) mass is 418 g/mol. The fourth-order valence-corrected chi connectivity index (χ4v) is 3.08. The second kappa shape index (κ2) is 11.0. The Bertz CT molecular complexity index is 817. The van der Waals surface area contributed by atoms with Gasteiger partial charge in [-0.1, -0.05) is 0 Å². The van der Waals surface area contributed by atoms with Gasteiger partial charge in [0.05, 0.1) is 32.8 Å². The van der Waals surface area contributed by atoms with Crippen LogP contribution in [0.2, 0.25) is 0 Å². The Kier molecular flexibility index (Phi) is 8.40. The molecule has 1 aromatic rings. The first kappa shape index (κ1) is 22.9. The number of esters is 3. The SMILES string of the molecule is CCOC(=O)C1CCCN(C(=O)c2ccc(N/C(=C/C(=O)OC)C(=O)OC)cc2)C1. The van der Waals surface area contributed by atoms with Crippen molar-refractivity contribution in [2.24, 2.45) is 5.92 Å². The third-order valence-corrected chi connectivity index (χ3v) is 4.61. The van der Waals surface area contributed by atoms with Crippen molar-refractivity contribution in [3.63, 3.8) is 0 Å². The highest BCUT2D eigenvalue weighted by Crippen LogP contribution is 2.21. The van der Waals surface area contributed by atoms with Gasteiger partial charge in [0.25, 0.3) is 5.91 Å². The number of carbonyl (C=O) groups is 4. The number of nitrogens with zero attached hydrogens (tertiary/aromatic N) is 1. The van der Waals surface area contributed by atoms with E-state index in [4.69, 9.17) is 4.74 Å². The van der Waals surface area contributed by atoms with Crippen LogP contribution in [0.15, 0.2) is 36.0 Å². The Hall–Kier alpha value is -3.36. The molecule has 1 amide bonds. The van der Waals surface area contributed by atoms with E-state index in [-0.39, 0.29) is 23.5 Å². The van der Waals surface area contributed by atoms with Gasteiger partial charge in [0.15, 0.2) is 0 Å². The lowest BCUT2D eigenvalue weighted by molar-refractivity contribution is -0.149. The smallest absolute Gasteiger partial charge is 0.354 e. The molecule has 1 unspecified atom stereocenters. The lowest BCUT2D eigenvalue weighted by Crippen LogP contribution is -2.42. The van der Waals surface area contributed by atoms with Crippen LogP contribution < -0.4 is 5.32 Å². The molecule has 1 fully saturated rings. The highest BCUT2D eigenvalue weighted by molar-refractivity contribution is 5.99. The van der Waals surface area contributed by atoms with Gasteiger partial charge in [-0.25, -0.2) is 9.59 Å². The molecule has 9 heteroatoms. The van der Waals surface area contributed by atoms with Crippen molar-refractivity contribution in [2.75, 3.05) is 39.2 Å². The van der Waals surface area contributed by atoms with E-state index >= 15 is 0 Å². The minimum Gasteiger partial charge on any atom is -0.466 e. The van der Waals surface area contributed by atoms with Crippen LogP contribution >= 0.6 is 0 Å². The quantitative estimate of drug-likeness (QED) is 0.405. The predicted molar refractivity (Wildman–Crippen MR) is 107 cm³/mol. The average Bonchev–Trinajstić information content (AvgIpc) is 2.78. The second-order valence-corrected chi connectivity index (χ2v) is 6.62. The zero-order chi connectivity index (χ0) is 22.1. The number of ether oxygens (including phenoxy) is 3. The number of piperidine rings is 1. The van der Waals surface area contributed by atoms with Gasteiger partial charge in [-0.15, -0.1) is 0 Å². The van der Waals surface area contributed by atoms with Crippen LogP contribution in [0.1, 0.15) is 30.1 Å². The molecule has 2 rings (SSSR count). The molecule has 1 N–H and O–H groups in total. The summed E-state index contributed by atoms with van der Waals surface area (Å²) < 4.78 is 14.2. The molecule has 1 atom stereocenters. The number of benzene rings is 1. The average molecular weight is 418 g/mol. The van der Waals surface area contributed by atoms with Crippen LogP contribution in [0.3, 0.4) is 0 Å². The highest BCUT2D eigenvalue weighted by Gasteiger charge is 2.29. The third kappa shape index (κ3) is 6.07. The maximum absolute atomic E-state index is 12.8. The molecule has 30 heavy (non-hydrogen) atoms. The first-order chi connectivity index (χ1) is 14.4. The van der Waals surface area contributed by atoms with Gasteiger partial charge in [0, 0.05) is 24.3 Å². The second-order valence-electron chi connectivity index (χ2n) is 6.62. The number of amides is 1. The molecule has 1 aliphatic heterocycles. The van der Waals surface area contributed by atoms with Crippen LogP contribution in [-0.4, -0.2) is 62.6 Å². The molecule has 0 aromatic heterocycles. The zero-order valence-corrected chi connectivity index (χ0v) is 17.3. The van der Waals surface area contributed by atoms with Gasteiger partial charge in [0.2, 0.25) is 0 Å². The van der Waals surface area contributed by atoms with Crippen molar-refractivity contribution in [2.45, 2.75) is 19.8 Å². The molecule has 162 valence electrons. The first-order valence-electron chi connectivity index (χ1n) is 9.60. The molecule has 1 aliphatic rings. The number of hydrogen-bond acceptors (Lipinski definition) is 8. The largest absolute Gasteiger partial charge is 0.466 e. The van der Waals surface area contributed by atoms with Crippen LogP contribution in [0.25, 0.3) is 0 Å². The van der Waals surface area contributed by atoms with E-state index in [1.807, 2.05) is 0 Å². The van der Waals surface area contributed by atoms with Crippen molar-refractivity contribution in [1.29, 1.82) is 0 Å². The van der Waals surface area contributed by atoms with E-state index in [2.05, 4.69) is 14.8 Å². The summed E-state index contributed by atoms with van der Waals surface area (Å²) in [7, 11) is 2.39. The summed E-state index contributed by atoms with van der Waals surface area (Å²) in [5.74, 6) is -2.22. The summed E-state index contributed by atoms with van der Waals surface area (Å²) in [6, 6.07) is 6.42. The molecule has 9 nitrogen and oxygen atoms in total. The van der Waals surface area contributed by atoms with Gasteiger partial charge < -0.3 is 24.4 Å². The number of likely N-dealkylation sites (tertiary alicyclic amines) is 1. The Morgan fingerprint density at radius 2 is 1.83 bits per heavy atom. The van der Waals surface area contributed by atoms with Crippen LogP contribution in [0, 0.1) is 5.92 Å². The van der Waals surface area contributed by atoms with Crippen LogP contribution in [-0.2, 0) is 28.6 Å². The Balaban J connectivity index is 2.08. The van der Waals surface area contributed by atoms with E-state index in [1.165, 1.54) is 14.2 Å². The summed E-state index contributed by atoms with van der Waals surface area (Å²) in [6.07, 6.45) is 2.41. The zero-order valence-electron chi connectivity index (χ0n) is 17.3. The number of methoxy groups -OCH3 is 2. The number of rotatable bonds is 7. The van der Waals surface area contributed by atoms with Crippen molar-refractivity contribution in [3.8, 4) is 0 Å². The van der Waals surface area contributed by atoms with Gasteiger partial charge in [-0.3, -0.25) is 9.59 Å². The fraction of sp³-hybridized carbons (Fsp3) is 0.429. The Morgan fingerprint density at radius 3 is 2.43 bits per heavy atom. The van der Waals surface area contributed by atoms with E-state index in [9.17, 15) is 19.2 Å². The summed E-state index contributed by atoms with van der Waals surface area (Å²) in [5.41, 5.74) is 0.827. The van der Waals surface area contributed by atoms with Gasteiger partial charge >= 0.3 is 17.9 Å². The molecular weight excluding hydrogens is 392 g/mol. The lowest BCUT2D eigenvalue weighted by atomic mass is 9.97. The molecule has 1 saturated heterocycles. The van der Waals surface area contributed by atoms with Gasteiger partial charge in [-0.2, -0.15) is 0 Å². The summed E-state index contributed by atoms with van der Waals surface area (Å²) >= 11 is 0. The van der Waals surface area contributed by atoms with Gasteiger partial charge in [0.1, 0.15) is 5.70 Å². The Labute approximate surface area is 175 Å². The molecule has 0 radical (unpaired) electrons. The third-order valence-electron chi connectivity index (χ3n) is 4.61. The molecule has 1 heterocycles. The van der Waals surface area contributed by atoms with Crippen molar-refractivity contribution in [3.05, 3.63) is 41.6 Å². The summed E-state index contributed by atoms with van der Waals surface area (Å²) in [6.45, 7) is 2.97. The fourth-order valence-electron chi connectivity index (χ4n) is 3.08. The maximum atomic E-state index is 12.8.